The molecule has 0 aromatic carbocycles. The average Bonchev–Trinajstić information content (AvgIpc) is 2.91. The molecule has 1 atom stereocenters. The topological polar surface area (TPSA) is 38.1 Å². The van der Waals surface area contributed by atoms with Gasteiger partial charge in [-0.3, -0.25) is 0 Å². The first-order valence-corrected chi connectivity index (χ1v) is 7.20. The lowest BCUT2D eigenvalue weighted by atomic mass is 10.1. The van der Waals surface area contributed by atoms with Gasteiger partial charge < -0.3 is 9.73 Å². The van der Waals surface area contributed by atoms with Crippen LogP contribution in [-0.2, 0) is 12.8 Å². The van der Waals surface area contributed by atoms with Crippen LogP contribution >= 0.6 is 11.8 Å². The predicted octanol–water partition coefficient (Wildman–Crippen LogP) is 2.12. The van der Waals surface area contributed by atoms with E-state index in [1.165, 1.54) is 17.9 Å². The standard InChI is InChI=1S/C12H20N2OS/c1-13-5-2-3-11-8-14-12(15-11)7-10-4-6-16-9-10/h8,10,13H,2-7,9H2,1H3. The highest BCUT2D eigenvalue weighted by Crippen LogP contribution is 2.26. The van der Waals surface area contributed by atoms with E-state index >= 15 is 0 Å². The van der Waals surface area contributed by atoms with E-state index in [9.17, 15) is 0 Å². The maximum absolute atomic E-state index is 5.74. The predicted molar refractivity (Wildman–Crippen MR) is 67.9 cm³/mol. The van der Waals surface area contributed by atoms with Crippen molar-refractivity contribution in [1.29, 1.82) is 0 Å². The van der Waals surface area contributed by atoms with Gasteiger partial charge in [-0.25, -0.2) is 4.98 Å². The largest absolute Gasteiger partial charge is 0.446 e. The van der Waals surface area contributed by atoms with Gasteiger partial charge in [-0.15, -0.1) is 0 Å². The Balaban J connectivity index is 1.77. The van der Waals surface area contributed by atoms with Crippen LogP contribution in [0.3, 0.4) is 0 Å². The highest BCUT2D eigenvalue weighted by Gasteiger charge is 2.18. The summed E-state index contributed by atoms with van der Waals surface area (Å²) in [5.74, 6) is 5.34. The first-order valence-electron chi connectivity index (χ1n) is 6.04. The summed E-state index contributed by atoms with van der Waals surface area (Å²) in [4.78, 5) is 4.36. The van der Waals surface area contributed by atoms with Crippen molar-refractivity contribution < 1.29 is 4.42 Å². The molecule has 1 fully saturated rings. The Morgan fingerprint density at radius 3 is 3.31 bits per heavy atom. The van der Waals surface area contributed by atoms with Crippen molar-refractivity contribution in [3.05, 3.63) is 17.8 Å². The van der Waals surface area contributed by atoms with Crippen LogP contribution in [0.4, 0.5) is 0 Å². The maximum atomic E-state index is 5.74. The molecule has 1 unspecified atom stereocenters. The highest BCUT2D eigenvalue weighted by molar-refractivity contribution is 7.99. The summed E-state index contributed by atoms with van der Waals surface area (Å²) in [6, 6.07) is 0. The lowest BCUT2D eigenvalue weighted by molar-refractivity contribution is 0.418. The number of nitrogens with one attached hydrogen (secondary N) is 1. The SMILES string of the molecule is CNCCCc1cnc(CC2CCSC2)o1. The molecular weight excluding hydrogens is 220 g/mol. The van der Waals surface area contributed by atoms with Gasteiger partial charge in [0, 0.05) is 12.8 Å². The Hall–Kier alpha value is -0.480. The second-order valence-corrected chi connectivity index (χ2v) is 5.51. The Morgan fingerprint density at radius 1 is 1.62 bits per heavy atom. The number of nitrogens with zero attached hydrogens (tertiary/aromatic N) is 1. The molecule has 90 valence electrons. The molecule has 0 bridgehead atoms. The van der Waals surface area contributed by atoms with E-state index in [2.05, 4.69) is 10.3 Å². The molecule has 0 amide bonds. The van der Waals surface area contributed by atoms with Crippen LogP contribution in [0.1, 0.15) is 24.5 Å². The van der Waals surface area contributed by atoms with Gasteiger partial charge in [0.2, 0.25) is 0 Å². The second kappa shape index (κ2) is 6.30. The molecule has 1 aromatic rings. The summed E-state index contributed by atoms with van der Waals surface area (Å²) in [5, 5.41) is 3.14. The monoisotopic (exact) mass is 240 g/mol. The molecule has 0 saturated carbocycles. The molecule has 2 heterocycles. The van der Waals surface area contributed by atoms with Gasteiger partial charge in [-0.05, 0) is 43.9 Å². The zero-order valence-electron chi connectivity index (χ0n) is 9.87. The van der Waals surface area contributed by atoms with Gasteiger partial charge in [0.05, 0.1) is 6.20 Å². The molecule has 1 aliphatic rings. The molecule has 3 nitrogen and oxygen atoms in total. The maximum Gasteiger partial charge on any atom is 0.194 e. The molecule has 2 rings (SSSR count). The number of hydrogen-bond acceptors (Lipinski definition) is 4. The summed E-state index contributed by atoms with van der Waals surface area (Å²) >= 11 is 2.05. The van der Waals surface area contributed by atoms with Crippen LogP contribution in [0, 0.1) is 5.92 Å². The fraction of sp³-hybridized carbons (Fsp3) is 0.750. The van der Waals surface area contributed by atoms with E-state index in [4.69, 9.17) is 4.42 Å². The van der Waals surface area contributed by atoms with E-state index in [1.807, 2.05) is 25.0 Å². The average molecular weight is 240 g/mol. The number of thioether (sulfide) groups is 1. The van der Waals surface area contributed by atoms with Crippen LogP contribution in [0.15, 0.2) is 10.6 Å². The van der Waals surface area contributed by atoms with Crippen molar-refractivity contribution in [2.45, 2.75) is 25.7 Å². The van der Waals surface area contributed by atoms with Crippen molar-refractivity contribution >= 4 is 11.8 Å². The summed E-state index contributed by atoms with van der Waals surface area (Å²) in [6.07, 6.45) is 6.35. The van der Waals surface area contributed by atoms with E-state index in [1.54, 1.807) is 0 Å². The smallest absolute Gasteiger partial charge is 0.194 e. The normalized spacial score (nSPS) is 20.4. The Kier molecular flexibility index (Phi) is 4.72. The van der Waals surface area contributed by atoms with Crippen molar-refractivity contribution in [1.82, 2.24) is 10.3 Å². The molecular formula is C12H20N2OS. The molecule has 0 aliphatic carbocycles. The molecule has 0 spiro atoms. The van der Waals surface area contributed by atoms with Crippen LogP contribution in [-0.4, -0.2) is 30.1 Å². The summed E-state index contributed by atoms with van der Waals surface area (Å²) in [6.45, 7) is 1.04. The summed E-state index contributed by atoms with van der Waals surface area (Å²) in [7, 11) is 1.98. The van der Waals surface area contributed by atoms with Crippen LogP contribution in [0.25, 0.3) is 0 Å². The van der Waals surface area contributed by atoms with E-state index < -0.39 is 0 Å². The molecule has 16 heavy (non-hydrogen) atoms. The lowest BCUT2D eigenvalue weighted by Crippen LogP contribution is -2.08. The zero-order chi connectivity index (χ0) is 11.2. The number of aryl methyl sites for hydroxylation is 1. The van der Waals surface area contributed by atoms with Gasteiger partial charge in [-0.2, -0.15) is 11.8 Å². The van der Waals surface area contributed by atoms with Crippen molar-refractivity contribution in [2.24, 2.45) is 5.92 Å². The quantitative estimate of drug-likeness (QED) is 0.773. The van der Waals surface area contributed by atoms with Crippen LogP contribution < -0.4 is 5.32 Å². The van der Waals surface area contributed by atoms with E-state index in [-0.39, 0.29) is 0 Å². The fourth-order valence-electron chi connectivity index (χ4n) is 1.99. The highest BCUT2D eigenvalue weighted by atomic mass is 32.2. The fourth-order valence-corrected chi connectivity index (χ4v) is 3.27. The van der Waals surface area contributed by atoms with Crippen LogP contribution in [0.5, 0.6) is 0 Å². The first-order chi connectivity index (χ1) is 7.88. The number of oxazole rings is 1. The van der Waals surface area contributed by atoms with Crippen molar-refractivity contribution in [3.63, 3.8) is 0 Å². The van der Waals surface area contributed by atoms with Crippen molar-refractivity contribution in [3.8, 4) is 0 Å². The molecule has 1 saturated heterocycles. The third-order valence-electron chi connectivity index (χ3n) is 2.94. The minimum atomic E-state index is 0.786. The van der Waals surface area contributed by atoms with Gasteiger partial charge in [-0.1, -0.05) is 0 Å². The Bertz CT molecular complexity index is 308. The Labute approximate surface area is 101 Å². The van der Waals surface area contributed by atoms with E-state index in [0.29, 0.717) is 0 Å². The third kappa shape index (κ3) is 3.52. The number of hydrogen-bond donors (Lipinski definition) is 1. The molecule has 1 N–H and O–H groups in total. The molecule has 1 aliphatic heterocycles. The lowest BCUT2D eigenvalue weighted by Gasteiger charge is -2.03. The Morgan fingerprint density at radius 2 is 2.56 bits per heavy atom. The van der Waals surface area contributed by atoms with Gasteiger partial charge in [0.15, 0.2) is 5.89 Å². The minimum Gasteiger partial charge on any atom is -0.446 e. The molecule has 0 radical (unpaired) electrons. The third-order valence-corrected chi connectivity index (χ3v) is 4.17. The zero-order valence-corrected chi connectivity index (χ0v) is 10.7. The summed E-state index contributed by atoms with van der Waals surface area (Å²) < 4.78 is 5.74. The van der Waals surface area contributed by atoms with Gasteiger partial charge in [0.25, 0.3) is 0 Å². The first kappa shape index (κ1) is 12.0. The minimum absolute atomic E-state index is 0.786. The molecule has 1 aromatic heterocycles. The summed E-state index contributed by atoms with van der Waals surface area (Å²) in [5.41, 5.74) is 0. The van der Waals surface area contributed by atoms with E-state index in [0.717, 1.165) is 43.4 Å². The van der Waals surface area contributed by atoms with Gasteiger partial charge in [0.1, 0.15) is 5.76 Å². The van der Waals surface area contributed by atoms with Crippen molar-refractivity contribution in [2.75, 3.05) is 25.1 Å². The second-order valence-electron chi connectivity index (χ2n) is 4.36. The van der Waals surface area contributed by atoms with Gasteiger partial charge >= 0.3 is 0 Å². The number of aromatic nitrogens is 1. The van der Waals surface area contributed by atoms with Crippen LogP contribution in [0.2, 0.25) is 0 Å². The number of rotatable bonds is 6. The molecule has 4 heteroatoms.